The van der Waals surface area contributed by atoms with Gasteiger partial charge in [0.2, 0.25) is 5.91 Å². The molecule has 0 bridgehead atoms. The Morgan fingerprint density at radius 2 is 1.85 bits per heavy atom. The van der Waals surface area contributed by atoms with E-state index in [1.54, 1.807) is 29.2 Å². The molecule has 0 spiro atoms. The second kappa shape index (κ2) is 6.85. The molecule has 2 aliphatic rings. The van der Waals surface area contributed by atoms with Gasteiger partial charge in [-0.15, -0.1) is 0 Å². The minimum Gasteiger partial charge on any atom is -0.294 e. The number of nitrogens with zero attached hydrogens (tertiary/aromatic N) is 2. The molecule has 0 saturated carbocycles. The van der Waals surface area contributed by atoms with Gasteiger partial charge in [-0.1, -0.05) is 29.8 Å². The van der Waals surface area contributed by atoms with Crippen LogP contribution in [-0.4, -0.2) is 11.7 Å². The number of benzene rings is 2. The lowest BCUT2D eigenvalue weighted by atomic mass is 9.77. The number of carbonyl (C=O) groups is 2. The molecular formula is C23H20N2O2. The predicted octanol–water partition coefficient (Wildman–Crippen LogP) is 4.39. The van der Waals surface area contributed by atoms with E-state index in [0.29, 0.717) is 12.0 Å². The Hall–Kier alpha value is -3.19. The zero-order valence-corrected chi connectivity index (χ0v) is 15.2. The first-order valence-electron chi connectivity index (χ1n) is 9.24. The number of carbonyl (C=O) groups excluding carboxylic acids is 2. The molecule has 4 heteroatoms. The molecule has 134 valence electrons. The number of anilines is 1. The number of aryl methyl sites for hydroxylation is 1. The fourth-order valence-electron chi connectivity index (χ4n) is 4.15. The van der Waals surface area contributed by atoms with Gasteiger partial charge in [-0.3, -0.25) is 14.5 Å². The van der Waals surface area contributed by atoms with Crippen LogP contribution in [0, 0.1) is 18.3 Å². The highest BCUT2D eigenvalue weighted by atomic mass is 16.2. The molecule has 4 rings (SSSR count). The van der Waals surface area contributed by atoms with Gasteiger partial charge in [0.05, 0.1) is 11.6 Å². The van der Waals surface area contributed by atoms with E-state index >= 15 is 0 Å². The van der Waals surface area contributed by atoms with Gasteiger partial charge in [0.15, 0.2) is 5.78 Å². The molecule has 0 N–H and O–H groups in total. The van der Waals surface area contributed by atoms with Crippen molar-refractivity contribution in [3.63, 3.8) is 0 Å². The van der Waals surface area contributed by atoms with Gasteiger partial charge in [-0.25, -0.2) is 0 Å². The van der Waals surface area contributed by atoms with E-state index in [2.05, 4.69) is 12.1 Å². The molecule has 2 aromatic carbocycles. The third-order valence-electron chi connectivity index (χ3n) is 5.37. The highest BCUT2D eigenvalue weighted by molar-refractivity contribution is 6.07. The van der Waals surface area contributed by atoms with Crippen LogP contribution in [0.5, 0.6) is 0 Å². The Morgan fingerprint density at radius 3 is 2.56 bits per heavy atom. The van der Waals surface area contributed by atoms with Gasteiger partial charge >= 0.3 is 0 Å². The summed E-state index contributed by atoms with van der Waals surface area (Å²) in [5.74, 6) is -0.0246. The molecule has 0 aromatic heterocycles. The number of hydrogen-bond acceptors (Lipinski definition) is 3. The summed E-state index contributed by atoms with van der Waals surface area (Å²) in [5, 5.41) is 9.01. The molecular weight excluding hydrogens is 336 g/mol. The number of amides is 1. The number of ketones is 1. The Kier molecular flexibility index (Phi) is 4.37. The molecule has 0 saturated heterocycles. The summed E-state index contributed by atoms with van der Waals surface area (Å²) in [5.41, 5.74) is 5.05. The summed E-state index contributed by atoms with van der Waals surface area (Å²) in [7, 11) is 0. The fraction of sp³-hybridized carbons (Fsp3) is 0.261. The zero-order chi connectivity index (χ0) is 19.0. The lowest BCUT2D eigenvalue weighted by Gasteiger charge is -2.38. The second-order valence-corrected chi connectivity index (χ2v) is 7.20. The highest BCUT2D eigenvalue weighted by Crippen LogP contribution is 2.43. The van der Waals surface area contributed by atoms with Gasteiger partial charge in [0.25, 0.3) is 0 Å². The second-order valence-electron chi connectivity index (χ2n) is 7.20. The lowest BCUT2D eigenvalue weighted by molar-refractivity contribution is -0.119. The van der Waals surface area contributed by atoms with Gasteiger partial charge in [-0.2, -0.15) is 5.26 Å². The van der Waals surface area contributed by atoms with E-state index in [1.165, 1.54) is 0 Å². The number of hydrogen-bond donors (Lipinski definition) is 0. The summed E-state index contributed by atoms with van der Waals surface area (Å²) in [6, 6.07) is 17.2. The van der Waals surface area contributed by atoms with Crippen molar-refractivity contribution in [3.05, 3.63) is 76.5 Å². The van der Waals surface area contributed by atoms with E-state index in [-0.39, 0.29) is 24.0 Å². The van der Waals surface area contributed by atoms with Crippen LogP contribution in [-0.2, 0) is 9.59 Å². The lowest BCUT2D eigenvalue weighted by Crippen LogP contribution is -2.40. The van der Waals surface area contributed by atoms with Crippen LogP contribution >= 0.6 is 0 Å². The Balaban J connectivity index is 1.84. The first-order valence-corrected chi connectivity index (χ1v) is 9.24. The van der Waals surface area contributed by atoms with E-state index < -0.39 is 0 Å². The van der Waals surface area contributed by atoms with E-state index in [9.17, 15) is 9.59 Å². The molecule has 0 radical (unpaired) electrons. The average molecular weight is 356 g/mol. The molecule has 2 aromatic rings. The minimum absolute atomic E-state index is 0.000311. The molecule has 0 fully saturated rings. The molecule has 1 atom stereocenters. The van der Waals surface area contributed by atoms with Crippen LogP contribution in [0.25, 0.3) is 0 Å². The van der Waals surface area contributed by atoms with Crippen molar-refractivity contribution in [1.82, 2.24) is 0 Å². The number of allylic oxidation sites excluding steroid dienone is 2. The summed E-state index contributed by atoms with van der Waals surface area (Å²) in [6.45, 7) is 2.02. The Labute approximate surface area is 158 Å². The number of nitriles is 1. The Morgan fingerprint density at radius 1 is 1.07 bits per heavy atom. The van der Waals surface area contributed by atoms with Gasteiger partial charge in [-0.05, 0) is 49.6 Å². The van der Waals surface area contributed by atoms with Crippen LogP contribution in [0.2, 0.25) is 0 Å². The van der Waals surface area contributed by atoms with Crippen LogP contribution in [0.4, 0.5) is 5.69 Å². The van der Waals surface area contributed by atoms with Crippen molar-refractivity contribution in [1.29, 1.82) is 5.26 Å². The summed E-state index contributed by atoms with van der Waals surface area (Å²) in [4.78, 5) is 27.6. The monoisotopic (exact) mass is 356 g/mol. The first kappa shape index (κ1) is 17.2. The normalized spacial score (nSPS) is 19.7. The quantitative estimate of drug-likeness (QED) is 0.801. The molecule has 27 heavy (non-hydrogen) atoms. The van der Waals surface area contributed by atoms with E-state index in [0.717, 1.165) is 40.9 Å². The molecule has 1 unspecified atom stereocenters. The predicted molar refractivity (Wildman–Crippen MR) is 103 cm³/mol. The molecule has 1 amide bonds. The SMILES string of the molecule is Cc1cccc(C2CC(=O)N(c3ccc(C#N)cc3)C3=C2C(=O)CCC3)c1. The Bertz CT molecular complexity index is 996. The molecule has 1 aliphatic carbocycles. The number of rotatable bonds is 2. The highest BCUT2D eigenvalue weighted by Gasteiger charge is 2.39. The van der Waals surface area contributed by atoms with Crippen LogP contribution in [0.3, 0.4) is 0 Å². The average Bonchev–Trinajstić information content (AvgIpc) is 2.68. The van der Waals surface area contributed by atoms with Crippen LogP contribution < -0.4 is 4.90 Å². The van der Waals surface area contributed by atoms with Gasteiger partial charge in [0.1, 0.15) is 0 Å². The van der Waals surface area contributed by atoms with Crippen LogP contribution in [0.15, 0.2) is 59.8 Å². The number of Topliss-reactive ketones (excluding diaryl/α,β-unsaturated/α-hetero) is 1. The smallest absolute Gasteiger partial charge is 0.232 e. The molecule has 4 nitrogen and oxygen atoms in total. The van der Waals surface area contributed by atoms with Crippen molar-refractivity contribution in [2.24, 2.45) is 0 Å². The van der Waals surface area contributed by atoms with Gasteiger partial charge in [0, 0.05) is 35.7 Å². The summed E-state index contributed by atoms with van der Waals surface area (Å²) >= 11 is 0. The van der Waals surface area contributed by atoms with Crippen molar-refractivity contribution < 1.29 is 9.59 Å². The minimum atomic E-state index is -0.171. The third-order valence-corrected chi connectivity index (χ3v) is 5.37. The van der Waals surface area contributed by atoms with Crippen molar-refractivity contribution in [2.45, 2.75) is 38.5 Å². The maximum atomic E-state index is 13.1. The topological polar surface area (TPSA) is 61.2 Å². The standard InChI is InChI=1S/C23H20N2O2/c1-15-4-2-5-17(12-15)19-13-22(27)25(18-10-8-16(14-24)9-11-18)20-6-3-7-21(26)23(19)20/h2,4-5,8-12,19H,3,6-7,13H2,1H3. The van der Waals surface area contributed by atoms with E-state index in [1.807, 2.05) is 25.1 Å². The van der Waals surface area contributed by atoms with Crippen molar-refractivity contribution in [3.8, 4) is 6.07 Å². The largest absolute Gasteiger partial charge is 0.294 e. The molecule has 1 heterocycles. The zero-order valence-electron chi connectivity index (χ0n) is 15.2. The van der Waals surface area contributed by atoms with Gasteiger partial charge < -0.3 is 0 Å². The van der Waals surface area contributed by atoms with E-state index in [4.69, 9.17) is 5.26 Å². The van der Waals surface area contributed by atoms with Crippen molar-refractivity contribution in [2.75, 3.05) is 4.90 Å². The first-order chi connectivity index (χ1) is 13.1. The summed E-state index contributed by atoms with van der Waals surface area (Å²) in [6.07, 6.45) is 2.30. The van der Waals surface area contributed by atoms with Crippen LogP contribution in [0.1, 0.15) is 48.3 Å². The van der Waals surface area contributed by atoms with Crippen molar-refractivity contribution >= 4 is 17.4 Å². The third kappa shape index (κ3) is 3.06. The maximum absolute atomic E-state index is 13.1. The maximum Gasteiger partial charge on any atom is 0.232 e. The summed E-state index contributed by atoms with van der Waals surface area (Å²) < 4.78 is 0. The molecule has 1 aliphatic heterocycles. The fourth-order valence-corrected chi connectivity index (χ4v) is 4.15.